The van der Waals surface area contributed by atoms with Gasteiger partial charge in [-0.15, -0.1) is 0 Å². The quantitative estimate of drug-likeness (QED) is 0.0440. The predicted octanol–water partition coefficient (Wildman–Crippen LogP) is -0.232. The Morgan fingerprint density at radius 1 is 0.722 bits per heavy atom. The minimum absolute atomic E-state index is 0.0321. The zero-order valence-corrected chi connectivity index (χ0v) is 31.5. The van der Waals surface area contributed by atoms with Crippen molar-refractivity contribution in [2.24, 2.45) is 0 Å². The van der Waals surface area contributed by atoms with Gasteiger partial charge in [-0.1, -0.05) is 23.3 Å². The Morgan fingerprint density at radius 2 is 1.15 bits per heavy atom. The summed E-state index contributed by atoms with van der Waals surface area (Å²) in [5, 5.41) is 96.1. The van der Waals surface area contributed by atoms with Gasteiger partial charge in [0.2, 0.25) is 5.43 Å². The number of fused-ring (bicyclic) bond motifs is 2. The highest BCUT2D eigenvalue weighted by molar-refractivity contribution is 5.98. The van der Waals surface area contributed by atoms with Gasteiger partial charge in [0.1, 0.15) is 53.5 Å². The third kappa shape index (κ3) is 10.7. The second-order valence-corrected chi connectivity index (χ2v) is 13.9. The standard InChI is InChI=1S/C38H56N2O14/c1-22(2)6-8-26-28(52-14-24(47)12-39-37(16-41,17-42)18-43)10-30-33(34(26)49)35(50)32-27(9-7-23(3)4)36(51-5)31(11-29(32)54-30)53-15-25(48)13-40-38(19-44,20-45)21-46/h6-7,10-11,24-25,39-49H,8-9,12-21H2,1-5H3. The molecule has 16 heteroatoms. The summed E-state index contributed by atoms with van der Waals surface area (Å²) in [6, 6.07) is 2.87. The monoisotopic (exact) mass is 764 g/mol. The number of nitrogens with one attached hydrogen (secondary N) is 2. The van der Waals surface area contributed by atoms with Crippen molar-refractivity contribution in [3.8, 4) is 23.0 Å². The Balaban J connectivity index is 2.15. The molecule has 54 heavy (non-hydrogen) atoms. The van der Waals surface area contributed by atoms with Crippen molar-refractivity contribution in [2.75, 3.05) is 73.1 Å². The second kappa shape index (κ2) is 20.2. The van der Waals surface area contributed by atoms with E-state index in [0.717, 1.165) is 11.1 Å². The summed E-state index contributed by atoms with van der Waals surface area (Å²) in [5.41, 5.74) is -0.792. The van der Waals surface area contributed by atoms with Crippen LogP contribution in [-0.2, 0) is 12.8 Å². The highest BCUT2D eigenvalue weighted by Gasteiger charge is 2.30. The van der Waals surface area contributed by atoms with Crippen LogP contribution in [0.15, 0.2) is 44.6 Å². The Bertz CT molecular complexity index is 1790. The molecule has 11 N–H and O–H groups in total. The highest BCUT2D eigenvalue weighted by Crippen LogP contribution is 2.41. The van der Waals surface area contributed by atoms with E-state index in [1.807, 2.05) is 39.8 Å². The van der Waals surface area contributed by atoms with Crippen LogP contribution in [0.2, 0.25) is 0 Å². The molecule has 0 fully saturated rings. The van der Waals surface area contributed by atoms with E-state index in [0.29, 0.717) is 5.56 Å². The van der Waals surface area contributed by atoms with Crippen molar-refractivity contribution < 1.29 is 64.6 Å². The largest absolute Gasteiger partial charge is 0.507 e. The minimum Gasteiger partial charge on any atom is -0.507 e. The molecule has 0 amide bonds. The molecule has 16 nitrogen and oxygen atoms in total. The lowest BCUT2D eigenvalue weighted by Gasteiger charge is -2.30. The summed E-state index contributed by atoms with van der Waals surface area (Å²) in [5.74, 6) is 0.0621. The lowest BCUT2D eigenvalue weighted by atomic mass is 9.98. The molecule has 302 valence electrons. The van der Waals surface area contributed by atoms with Crippen LogP contribution >= 0.6 is 0 Å². The smallest absolute Gasteiger partial charge is 0.204 e. The molecule has 0 aliphatic carbocycles. The second-order valence-electron chi connectivity index (χ2n) is 13.9. The van der Waals surface area contributed by atoms with Gasteiger partial charge in [0.25, 0.3) is 0 Å². The van der Waals surface area contributed by atoms with E-state index in [1.165, 1.54) is 19.2 Å². The van der Waals surface area contributed by atoms with Crippen LogP contribution in [0.4, 0.5) is 0 Å². The third-order valence-corrected chi connectivity index (χ3v) is 9.05. The van der Waals surface area contributed by atoms with Gasteiger partial charge in [0.05, 0.1) is 63.2 Å². The maximum Gasteiger partial charge on any atom is 0.204 e. The third-order valence-electron chi connectivity index (χ3n) is 9.05. The van der Waals surface area contributed by atoms with Crippen LogP contribution in [-0.4, -0.2) is 142 Å². The number of aliphatic hydroxyl groups excluding tert-OH is 8. The summed E-state index contributed by atoms with van der Waals surface area (Å²) in [6.45, 7) is 3.09. The number of phenols is 1. The van der Waals surface area contributed by atoms with Gasteiger partial charge in [-0.05, 0) is 40.5 Å². The highest BCUT2D eigenvalue weighted by atomic mass is 16.5. The van der Waals surface area contributed by atoms with E-state index < -0.39 is 68.4 Å². The lowest BCUT2D eigenvalue weighted by molar-refractivity contribution is 0.0256. The molecule has 0 spiro atoms. The van der Waals surface area contributed by atoms with E-state index in [-0.39, 0.29) is 89.6 Å². The van der Waals surface area contributed by atoms with Crippen molar-refractivity contribution in [1.29, 1.82) is 0 Å². The number of hydrogen-bond acceptors (Lipinski definition) is 16. The molecule has 1 heterocycles. The van der Waals surface area contributed by atoms with Crippen molar-refractivity contribution in [3.63, 3.8) is 0 Å². The van der Waals surface area contributed by atoms with E-state index in [9.17, 15) is 50.8 Å². The summed E-state index contributed by atoms with van der Waals surface area (Å²) >= 11 is 0. The first-order valence-electron chi connectivity index (χ1n) is 17.6. The maximum atomic E-state index is 14.4. The molecule has 1 aromatic heterocycles. The number of hydrogen-bond donors (Lipinski definition) is 11. The van der Waals surface area contributed by atoms with Crippen molar-refractivity contribution >= 4 is 21.9 Å². The first-order valence-corrected chi connectivity index (χ1v) is 17.6. The predicted molar refractivity (Wildman–Crippen MR) is 201 cm³/mol. The molecule has 0 aliphatic heterocycles. The number of methoxy groups -OCH3 is 1. The topological polar surface area (TPSA) is 264 Å². The van der Waals surface area contributed by atoms with Crippen LogP contribution in [0.25, 0.3) is 21.9 Å². The van der Waals surface area contributed by atoms with Crippen molar-refractivity contribution in [1.82, 2.24) is 10.6 Å². The van der Waals surface area contributed by atoms with E-state index in [4.69, 9.17) is 18.6 Å². The van der Waals surface area contributed by atoms with E-state index in [2.05, 4.69) is 10.6 Å². The molecule has 0 aliphatic rings. The van der Waals surface area contributed by atoms with Gasteiger partial charge < -0.3 is 75.2 Å². The fraction of sp³-hybridized carbons (Fsp3) is 0.553. The van der Waals surface area contributed by atoms with Crippen molar-refractivity contribution in [3.05, 3.63) is 56.8 Å². The number of benzene rings is 2. The molecule has 0 radical (unpaired) electrons. The van der Waals surface area contributed by atoms with Crippen LogP contribution < -0.4 is 30.3 Å². The number of phenolic OH excluding ortho intramolecular Hbond substituents is 1. The van der Waals surface area contributed by atoms with Crippen LogP contribution in [0.5, 0.6) is 23.0 Å². The molecule has 3 aromatic rings. The fourth-order valence-corrected chi connectivity index (χ4v) is 5.46. The lowest BCUT2D eigenvalue weighted by Crippen LogP contribution is -2.57. The van der Waals surface area contributed by atoms with Crippen LogP contribution in [0.3, 0.4) is 0 Å². The minimum atomic E-state index is -1.42. The molecule has 0 saturated heterocycles. The van der Waals surface area contributed by atoms with Gasteiger partial charge in [0.15, 0.2) is 11.5 Å². The number of aliphatic hydroxyl groups is 8. The Kier molecular flexibility index (Phi) is 16.7. The van der Waals surface area contributed by atoms with Crippen LogP contribution in [0, 0.1) is 0 Å². The molecule has 0 saturated carbocycles. The molecule has 0 bridgehead atoms. The molecule has 3 rings (SSSR count). The summed E-state index contributed by atoms with van der Waals surface area (Å²) in [6.07, 6.45) is 1.74. The van der Waals surface area contributed by atoms with Gasteiger partial charge in [-0.3, -0.25) is 4.79 Å². The molecule has 2 atom stereocenters. The number of allylic oxidation sites excluding steroid dienone is 4. The van der Waals surface area contributed by atoms with Crippen LogP contribution in [0.1, 0.15) is 38.8 Å². The molecule has 2 aromatic carbocycles. The van der Waals surface area contributed by atoms with Crippen molar-refractivity contribution in [2.45, 2.75) is 63.8 Å². The number of β-amino-alcohol motifs (C(OH)–C–C–N with tert-alkyl or cyclic N) is 2. The molecular weight excluding hydrogens is 708 g/mol. The SMILES string of the molecule is COc1c(OCC(O)CNC(CO)(CO)CO)cc2oc3cc(OCC(O)CNC(CO)(CO)CO)c(CC=C(C)C)c(O)c3c(=O)c2c1CC=C(C)C. The Hall–Kier alpha value is -3.81. The zero-order chi connectivity index (χ0) is 40.2. The van der Waals surface area contributed by atoms with Gasteiger partial charge >= 0.3 is 0 Å². The number of rotatable bonds is 23. The zero-order valence-electron chi connectivity index (χ0n) is 31.5. The maximum absolute atomic E-state index is 14.4. The number of ether oxygens (including phenoxy) is 3. The normalized spacial score (nSPS) is 13.2. The average Bonchev–Trinajstić information content (AvgIpc) is 3.15. The summed E-state index contributed by atoms with van der Waals surface area (Å²) in [7, 11) is 1.40. The Labute approximate surface area is 313 Å². The van der Waals surface area contributed by atoms with E-state index >= 15 is 0 Å². The van der Waals surface area contributed by atoms with E-state index in [1.54, 1.807) is 0 Å². The van der Waals surface area contributed by atoms with Gasteiger partial charge in [-0.2, -0.15) is 0 Å². The summed E-state index contributed by atoms with van der Waals surface area (Å²) < 4.78 is 24.0. The molecule has 2 unspecified atom stereocenters. The fourth-order valence-electron chi connectivity index (χ4n) is 5.46. The van der Waals surface area contributed by atoms with Gasteiger partial charge in [0, 0.05) is 36.3 Å². The molecular formula is C38H56N2O14. The number of aromatic hydroxyl groups is 1. The first kappa shape index (κ1) is 44.6. The Morgan fingerprint density at radius 3 is 1.59 bits per heavy atom. The average molecular weight is 765 g/mol. The summed E-state index contributed by atoms with van der Waals surface area (Å²) in [4.78, 5) is 14.4. The first-order chi connectivity index (χ1) is 25.7. The van der Waals surface area contributed by atoms with Gasteiger partial charge in [-0.25, -0.2) is 0 Å².